The number of carbonyl (C=O) groups excluding carboxylic acids is 3. The van der Waals surface area contributed by atoms with Gasteiger partial charge in [0.1, 0.15) is 17.5 Å². The number of carbonyl (C=O) groups is 3. The minimum Gasteiger partial charge on any atom is -0.497 e. The summed E-state index contributed by atoms with van der Waals surface area (Å²) in [6.07, 6.45) is -1.63. The van der Waals surface area contributed by atoms with Crippen LogP contribution in [0.5, 0.6) is 5.75 Å². The van der Waals surface area contributed by atoms with Crippen LogP contribution in [0, 0.1) is 24.0 Å². The first kappa shape index (κ1) is 29.1. The Bertz CT molecular complexity index is 1630. The van der Waals surface area contributed by atoms with E-state index in [1.165, 1.54) is 18.1 Å². The summed E-state index contributed by atoms with van der Waals surface area (Å²) in [6.45, 7) is 3.95. The number of halogens is 2. The van der Waals surface area contributed by atoms with E-state index in [4.69, 9.17) is 9.47 Å². The standard InChI is InChI=1S/C29H29F2N5O6S/c1-14-11-34-23-18(9-20(21(30)22(23)31)25-33-32-16(3)43-25)10-29(24(34)15(2)42-14)26(38)35(28(40)36(13-37)27(29)39)12-17-5-7-19(41-4)8-6-17/h5-9,14-15,24,37H,10-13H2,1-4H3/t14-,15+,24?,29?/m0/s1. The minimum atomic E-state index is -2.01. The highest BCUT2D eigenvalue weighted by atomic mass is 32.1. The molecule has 3 aliphatic rings. The Hall–Kier alpha value is -4.01. The van der Waals surface area contributed by atoms with Gasteiger partial charge >= 0.3 is 6.03 Å². The summed E-state index contributed by atoms with van der Waals surface area (Å²) in [5.74, 6) is -3.43. The van der Waals surface area contributed by atoms with Crippen LogP contribution in [0.1, 0.15) is 30.0 Å². The SMILES string of the molecule is COc1ccc(CN2C(=O)N(CO)C(=O)C3(Cc4cc(-c5nnc(C)s5)c(F)c(F)c4N4C[C@H](C)O[C@H](C)C43)C2=O)cc1. The second-order valence-corrected chi connectivity index (χ2v) is 12.2. The molecule has 0 saturated carbocycles. The van der Waals surface area contributed by atoms with Gasteiger partial charge in [0, 0.05) is 13.0 Å². The number of urea groups is 1. The molecule has 2 saturated heterocycles. The van der Waals surface area contributed by atoms with E-state index in [9.17, 15) is 19.5 Å². The third-order valence-electron chi connectivity index (χ3n) is 8.32. The maximum atomic E-state index is 16.0. The highest BCUT2D eigenvalue weighted by Gasteiger charge is 2.67. The molecule has 4 amide bonds. The first-order valence-electron chi connectivity index (χ1n) is 13.7. The molecule has 2 fully saturated rings. The van der Waals surface area contributed by atoms with Crippen LogP contribution < -0.4 is 9.64 Å². The molecule has 1 aromatic heterocycles. The van der Waals surface area contributed by atoms with E-state index in [1.807, 2.05) is 0 Å². The lowest BCUT2D eigenvalue weighted by molar-refractivity contribution is -0.170. The van der Waals surface area contributed by atoms with Crippen molar-refractivity contribution in [2.75, 3.05) is 25.3 Å². The summed E-state index contributed by atoms with van der Waals surface area (Å²) >= 11 is 1.08. The molecule has 0 aliphatic carbocycles. The number of aromatic nitrogens is 2. The van der Waals surface area contributed by atoms with Crippen LogP contribution in [0.25, 0.3) is 10.6 Å². The molecule has 43 heavy (non-hydrogen) atoms. The van der Waals surface area contributed by atoms with Gasteiger partial charge < -0.3 is 19.5 Å². The van der Waals surface area contributed by atoms with E-state index in [0.29, 0.717) is 21.2 Å². The lowest BCUT2D eigenvalue weighted by Crippen LogP contribution is -2.76. The number of aliphatic hydroxyl groups is 1. The number of imide groups is 2. The largest absolute Gasteiger partial charge is 0.497 e. The second kappa shape index (κ2) is 10.6. The first-order chi connectivity index (χ1) is 20.5. The maximum absolute atomic E-state index is 16.0. The first-order valence-corrected chi connectivity index (χ1v) is 14.5. The highest BCUT2D eigenvalue weighted by Crippen LogP contribution is 2.51. The molecule has 0 bridgehead atoms. The maximum Gasteiger partial charge on any atom is 0.335 e. The van der Waals surface area contributed by atoms with Crippen molar-refractivity contribution in [2.24, 2.45) is 5.41 Å². The number of aryl methyl sites for hydroxylation is 1. The molecular formula is C29H29F2N5O6S. The zero-order valence-corrected chi connectivity index (χ0v) is 24.7. The van der Waals surface area contributed by atoms with Crippen LogP contribution in [0.3, 0.4) is 0 Å². The molecule has 4 atom stereocenters. The fraction of sp³-hybridized carbons (Fsp3) is 0.414. The molecule has 2 aromatic carbocycles. The van der Waals surface area contributed by atoms with Crippen molar-refractivity contribution in [1.82, 2.24) is 20.0 Å². The van der Waals surface area contributed by atoms with Crippen LogP contribution in [0.15, 0.2) is 30.3 Å². The van der Waals surface area contributed by atoms with E-state index < -0.39 is 59.9 Å². The predicted molar refractivity (Wildman–Crippen MR) is 150 cm³/mol. The average molecular weight is 614 g/mol. The minimum absolute atomic E-state index is 0.0451. The predicted octanol–water partition coefficient (Wildman–Crippen LogP) is 3.27. The summed E-state index contributed by atoms with van der Waals surface area (Å²) in [4.78, 5) is 45.4. The average Bonchev–Trinajstić information content (AvgIpc) is 3.42. The molecule has 1 spiro atoms. The van der Waals surface area contributed by atoms with Crippen molar-refractivity contribution in [3.63, 3.8) is 0 Å². The normalized spacial score (nSPS) is 25.3. The number of ether oxygens (including phenoxy) is 2. The molecule has 3 aliphatic heterocycles. The number of hydrogen-bond donors (Lipinski definition) is 1. The highest BCUT2D eigenvalue weighted by molar-refractivity contribution is 7.14. The number of morpholine rings is 1. The van der Waals surface area contributed by atoms with Crippen LogP contribution in [0.2, 0.25) is 0 Å². The van der Waals surface area contributed by atoms with E-state index >= 15 is 8.78 Å². The van der Waals surface area contributed by atoms with Crippen molar-refractivity contribution >= 4 is 34.9 Å². The quantitative estimate of drug-likeness (QED) is 0.432. The van der Waals surface area contributed by atoms with E-state index in [2.05, 4.69) is 10.2 Å². The molecule has 4 heterocycles. The summed E-state index contributed by atoms with van der Waals surface area (Å²) < 4.78 is 42.9. The Morgan fingerprint density at radius 1 is 1.09 bits per heavy atom. The van der Waals surface area contributed by atoms with Crippen molar-refractivity contribution in [1.29, 1.82) is 0 Å². The van der Waals surface area contributed by atoms with Crippen molar-refractivity contribution in [3.05, 3.63) is 58.1 Å². The molecule has 14 heteroatoms. The number of amides is 4. The third-order valence-corrected chi connectivity index (χ3v) is 9.19. The number of aliphatic hydroxyl groups excluding tert-OH is 1. The Balaban J connectivity index is 1.54. The summed E-state index contributed by atoms with van der Waals surface area (Å²) in [7, 11) is 1.51. The zero-order valence-electron chi connectivity index (χ0n) is 23.8. The summed E-state index contributed by atoms with van der Waals surface area (Å²) in [5.41, 5.74) is -1.46. The Kier molecular flexibility index (Phi) is 7.18. The molecule has 11 nitrogen and oxygen atoms in total. The fourth-order valence-corrected chi connectivity index (χ4v) is 7.28. The van der Waals surface area contributed by atoms with E-state index in [1.54, 1.807) is 45.0 Å². The van der Waals surface area contributed by atoms with Crippen molar-refractivity contribution in [3.8, 4) is 16.3 Å². The van der Waals surface area contributed by atoms with Crippen LogP contribution in [0.4, 0.5) is 19.3 Å². The van der Waals surface area contributed by atoms with Gasteiger partial charge in [-0.25, -0.2) is 18.5 Å². The molecule has 6 rings (SSSR count). The van der Waals surface area contributed by atoms with Gasteiger partial charge in [-0.05, 0) is 50.1 Å². The second-order valence-electron chi connectivity index (χ2n) is 11.0. The van der Waals surface area contributed by atoms with Gasteiger partial charge in [-0.3, -0.25) is 14.5 Å². The lowest BCUT2D eigenvalue weighted by Gasteiger charge is -2.57. The summed E-state index contributed by atoms with van der Waals surface area (Å²) in [5, 5.41) is 18.8. The molecule has 3 aromatic rings. The number of methoxy groups -OCH3 is 1. The Labute approximate surface area is 249 Å². The number of anilines is 1. The van der Waals surface area contributed by atoms with Crippen LogP contribution >= 0.6 is 11.3 Å². The molecule has 1 N–H and O–H groups in total. The number of barbiturate groups is 1. The topological polar surface area (TPSA) is 125 Å². The molecule has 0 radical (unpaired) electrons. The van der Waals surface area contributed by atoms with E-state index in [-0.39, 0.29) is 41.3 Å². The third kappa shape index (κ3) is 4.38. The smallest absolute Gasteiger partial charge is 0.335 e. The van der Waals surface area contributed by atoms with Gasteiger partial charge in [0.2, 0.25) is 5.91 Å². The number of rotatable bonds is 5. The van der Waals surface area contributed by atoms with Gasteiger partial charge in [-0.1, -0.05) is 23.5 Å². The fourth-order valence-electron chi connectivity index (χ4n) is 6.58. The molecular weight excluding hydrogens is 584 g/mol. The van der Waals surface area contributed by atoms with Gasteiger partial charge in [0.15, 0.2) is 22.1 Å². The molecule has 2 unspecified atom stereocenters. The van der Waals surface area contributed by atoms with E-state index in [0.717, 1.165) is 16.2 Å². The number of nitrogens with zero attached hydrogens (tertiary/aromatic N) is 5. The van der Waals surface area contributed by atoms with Crippen molar-refractivity contribution in [2.45, 2.75) is 52.0 Å². The zero-order chi connectivity index (χ0) is 30.8. The lowest BCUT2D eigenvalue weighted by atomic mass is 9.65. The van der Waals surface area contributed by atoms with Crippen molar-refractivity contribution < 1.29 is 37.7 Å². The van der Waals surface area contributed by atoms with Gasteiger partial charge in [-0.2, -0.15) is 0 Å². The Morgan fingerprint density at radius 3 is 2.42 bits per heavy atom. The molecule has 226 valence electrons. The number of benzene rings is 2. The van der Waals surface area contributed by atoms with Crippen LogP contribution in [-0.4, -0.2) is 81.6 Å². The van der Waals surface area contributed by atoms with Gasteiger partial charge in [0.25, 0.3) is 5.91 Å². The monoisotopic (exact) mass is 613 g/mol. The van der Waals surface area contributed by atoms with Gasteiger partial charge in [0.05, 0.1) is 43.2 Å². The Morgan fingerprint density at radius 2 is 1.79 bits per heavy atom. The number of hydrogen-bond acceptors (Lipinski definition) is 10. The van der Waals surface area contributed by atoms with Gasteiger partial charge in [-0.15, -0.1) is 10.2 Å². The van der Waals surface area contributed by atoms with Crippen LogP contribution in [-0.2, 0) is 27.3 Å². The summed E-state index contributed by atoms with van der Waals surface area (Å²) in [6, 6.07) is 6.00. The number of fused-ring (bicyclic) bond motifs is 4.